The summed E-state index contributed by atoms with van der Waals surface area (Å²) in [5.74, 6) is 0.884. The smallest absolute Gasteiger partial charge is 0.123 e. The summed E-state index contributed by atoms with van der Waals surface area (Å²) in [6.07, 6.45) is 4.75. The van der Waals surface area contributed by atoms with Gasteiger partial charge in [0.15, 0.2) is 0 Å². The van der Waals surface area contributed by atoms with Gasteiger partial charge < -0.3 is 10.5 Å². The van der Waals surface area contributed by atoms with Crippen molar-refractivity contribution >= 4 is 0 Å². The number of hydrogen-bond donors (Lipinski definition) is 1. The Labute approximate surface area is 107 Å². The van der Waals surface area contributed by atoms with Crippen LogP contribution in [-0.4, -0.2) is 16.9 Å². The normalized spacial score (nSPS) is 12.4. The molecule has 0 aliphatic rings. The molecule has 2 rings (SSSR count). The Hall–Kier alpha value is -1.81. The maximum atomic E-state index is 5.98. The fourth-order valence-corrected chi connectivity index (χ4v) is 1.90. The Morgan fingerprint density at radius 1 is 1.39 bits per heavy atom. The zero-order chi connectivity index (χ0) is 13.0. The average molecular weight is 245 g/mol. The summed E-state index contributed by atoms with van der Waals surface area (Å²) in [4.78, 5) is 0. The molecule has 0 spiro atoms. The zero-order valence-corrected chi connectivity index (χ0v) is 10.8. The lowest BCUT2D eigenvalue weighted by Crippen LogP contribution is -2.07. The van der Waals surface area contributed by atoms with Gasteiger partial charge in [0.2, 0.25) is 0 Å². The first-order valence-corrected chi connectivity index (χ1v) is 6.14. The van der Waals surface area contributed by atoms with E-state index in [9.17, 15) is 0 Å². The van der Waals surface area contributed by atoms with Crippen LogP contribution in [0.4, 0.5) is 0 Å². The number of benzene rings is 1. The third kappa shape index (κ3) is 2.71. The van der Waals surface area contributed by atoms with Gasteiger partial charge in [-0.2, -0.15) is 5.10 Å². The Bertz CT molecular complexity index is 507. The van der Waals surface area contributed by atoms with Crippen LogP contribution in [0.15, 0.2) is 36.7 Å². The van der Waals surface area contributed by atoms with E-state index >= 15 is 0 Å². The van der Waals surface area contributed by atoms with Crippen LogP contribution in [0, 0.1) is 0 Å². The van der Waals surface area contributed by atoms with Crippen molar-refractivity contribution in [3.8, 4) is 5.75 Å². The van der Waals surface area contributed by atoms with Gasteiger partial charge in [0.05, 0.1) is 19.9 Å². The minimum atomic E-state index is 0.0661. The molecule has 1 aromatic carbocycles. The fourth-order valence-electron chi connectivity index (χ4n) is 1.90. The van der Waals surface area contributed by atoms with E-state index in [1.54, 1.807) is 7.11 Å². The van der Waals surface area contributed by atoms with Crippen LogP contribution in [0.1, 0.15) is 30.5 Å². The first kappa shape index (κ1) is 12.6. The van der Waals surface area contributed by atoms with Crippen molar-refractivity contribution in [2.75, 3.05) is 7.11 Å². The fraction of sp³-hybridized carbons (Fsp3) is 0.357. The lowest BCUT2D eigenvalue weighted by Gasteiger charge is -2.08. The van der Waals surface area contributed by atoms with Crippen LogP contribution in [0.3, 0.4) is 0 Å². The highest BCUT2D eigenvalue weighted by atomic mass is 16.5. The lowest BCUT2D eigenvalue weighted by molar-refractivity contribution is 0.407. The van der Waals surface area contributed by atoms with Crippen LogP contribution in [0.5, 0.6) is 5.75 Å². The lowest BCUT2D eigenvalue weighted by atomic mass is 10.1. The molecule has 4 nitrogen and oxygen atoms in total. The predicted octanol–water partition coefficient (Wildman–Crippen LogP) is 2.35. The number of nitrogens with two attached hydrogens (primary N) is 1. The van der Waals surface area contributed by atoms with E-state index in [1.165, 1.54) is 0 Å². The molecule has 18 heavy (non-hydrogen) atoms. The van der Waals surface area contributed by atoms with Crippen LogP contribution in [0.25, 0.3) is 0 Å². The Morgan fingerprint density at radius 2 is 2.17 bits per heavy atom. The number of hydrogen-bond acceptors (Lipinski definition) is 3. The quantitative estimate of drug-likeness (QED) is 0.879. The third-order valence-electron chi connectivity index (χ3n) is 3.05. The Balaban J connectivity index is 2.16. The molecule has 1 aromatic heterocycles. The van der Waals surface area contributed by atoms with E-state index in [4.69, 9.17) is 10.5 Å². The topological polar surface area (TPSA) is 53.1 Å². The molecule has 0 radical (unpaired) electrons. The van der Waals surface area contributed by atoms with E-state index in [0.717, 1.165) is 23.3 Å². The molecule has 2 N–H and O–H groups in total. The Morgan fingerprint density at radius 3 is 2.89 bits per heavy atom. The molecule has 0 fully saturated rings. The van der Waals surface area contributed by atoms with Gasteiger partial charge in [-0.1, -0.05) is 25.1 Å². The molecule has 0 aliphatic carbocycles. The predicted molar refractivity (Wildman–Crippen MR) is 71.5 cm³/mol. The second kappa shape index (κ2) is 5.69. The maximum absolute atomic E-state index is 5.98. The zero-order valence-electron chi connectivity index (χ0n) is 10.8. The SMILES string of the molecule is CCC(N)c1cnn(Cc2ccccc2OC)c1. The summed E-state index contributed by atoms with van der Waals surface area (Å²) in [5.41, 5.74) is 8.17. The highest BCUT2D eigenvalue weighted by Crippen LogP contribution is 2.19. The van der Waals surface area contributed by atoms with Crippen molar-refractivity contribution in [1.82, 2.24) is 9.78 Å². The van der Waals surface area contributed by atoms with E-state index in [1.807, 2.05) is 41.3 Å². The highest BCUT2D eigenvalue weighted by Gasteiger charge is 2.08. The van der Waals surface area contributed by atoms with Gasteiger partial charge in [0.1, 0.15) is 5.75 Å². The first-order valence-electron chi connectivity index (χ1n) is 6.14. The first-order chi connectivity index (χ1) is 8.74. The van der Waals surface area contributed by atoms with Crippen molar-refractivity contribution in [1.29, 1.82) is 0 Å². The number of aromatic nitrogens is 2. The van der Waals surface area contributed by atoms with Gasteiger partial charge >= 0.3 is 0 Å². The molecule has 96 valence electrons. The molecule has 1 atom stereocenters. The molecule has 1 heterocycles. The number of rotatable bonds is 5. The number of methoxy groups -OCH3 is 1. The monoisotopic (exact) mass is 245 g/mol. The van der Waals surface area contributed by atoms with Crippen LogP contribution in [-0.2, 0) is 6.54 Å². The molecule has 0 bridgehead atoms. The van der Waals surface area contributed by atoms with Crippen molar-refractivity contribution in [2.45, 2.75) is 25.9 Å². The molecular formula is C14H19N3O. The number of nitrogens with zero attached hydrogens (tertiary/aromatic N) is 2. The molecule has 0 aliphatic heterocycles. The minimum Gasteiger partial charge on any atom is -0.496 e. The van der Waals surface area contributed by atoms with Crippen molar-refractivity contribution in [3.05, 3.63) is 47.8 Å². The van der Waals surface area contributed by atoms with Gasteiger partial charge in [0, 0.05) is 23.4 Å². The molecule has 0 saturated heterocycles. The molecule has 0 amide bonds. The van der Waals surface area contributed by atoms with Crippen molar-refractivity contribution < 1.29 is 4.74 Å². The van der Waals surface area contributed by atoms with E-state index < -0.39 is 0 Å². The summed E-state index contributed by atoms with van der Waals surface area (Å²) >= 11 is 0. The standard InChI is InChI=1S/C14H19N3O/c1-3-13(15)12-8-16-17(10-12)9-11-6-4-5-7-14(11)18-2/h4-8,10,13H,3,9,15H2,1-2H3. The molecular weight excluding hydrogens is 226 g/mol. The second-order valence-electron chi connectivity index (χ2n) is 4.30. The number of para-hydroxylation sites is 1. The van der Waals surface area contributed by atoms with E-state index in [0.29, 0.717) is 6.54 Å². The molecule has 0 saturated carbocycles. The molecule has 2 aromatic rings. The van der Waals surface area contributed by atoms with Crippen molar-refractivity contribution in [3.63, 3.8) is 0 Å². The van der Waals surface area contributed by atoms with Gasteiger partial charge in [-0.25, -0.2) is 0 Å². The van der Waals surface area contributed by atoms with E-state index in [2.05, 4.69) is 12.0 Å². The summed E-state index contributed by atoms with van der Waals surface area (Å²) in [7, 11) is 1.68. The van der Waals surface area contributed by atoms with E-state index in [-0.39, 0.29) is 6.04 Å². The Kier molecular flexibility index (Phi) is 3.99. The molecule has 1 unspecified atom stereocenters. The molecule has 4 heteroatoms. The van der Waals surface area contributed by atoms with Gasteiger partial charge in [-0.3, -0.25) is 4.68 Å². The average Bonchev–Trinajstić information content (AvgIpc) is 2.87. The van der Waals surface area contributed by atoms with Gasteiger partial charge in [-0.05, 0) is 12.5 Å². The van der Waals surface area contributed by atoms with Crippen molar-refractivity contribution in [2.24, 2.45) is 5.73 Å². The van der Waals surface area contributed by atoms with Crippen LogP contribution >= 0.6 is 0 Å². The van der Waals surface area contributed by atoms with Gasteiger partial charge in [0.25, 0.3) is 0 Å². The summed E-state index contributed by atoms with van der Waals surface area (Å²) in [6.45, 7) is 2.77. The summed E-state index contributed by atoms with van der Waals surface area (Å²) in [6, 6.07) is 8.03. The summed E-state index contributed by atoms with van der Waals surface area (Å²) in [5, 5.41) is 4.34. The van der Waals surface area contributed by atoms with Crippen LogP contribution < -0.4 is 10.5 Å². The third-order valence-corrected chi connectivity index (χ3v) is 3.05. The maximum Gasteiger partial charge on any atom is 0.123 e. The van der Waals surface area contributed by atoms with Gasteiger partial charge in [-0.15, -0.1) is 0 Å². The summed E-state index contributed by atoms with van der Waals surface area (Å²) < 4.78 is 7.22. The second-order valence-corrected chi connectivity index (χ2v) is 4.30. The largest absolute Gasteiger partial charge is 0.496 e. The highest BCUT2D eigenvalue weighted by molar-refractivity contribution is 5.33. The number of ether oxygens (including phenoxy) is 1. The van der Waals surface area contributed by atoms with Crippen LogP contribution in [0.2, 0.25) is 0 Å². The minimum absolute atomic E-state index is 0.0661.